The summed E-state index contributed by atoms with van der Waals surface area (Å²) < 4.78 is 0. The lowest BCUT2D eigenvalue weighted by Gasteiger charge is -2.48. The van der Waals surface area contributed by atoms with Gasteiger partial charge in [0, 0.05) is 0 Å². The van der Waals surface area contributed by atoms with Gasteiger partial charge < -0.3 is 20.4 Å². The summed E-state index contributed by atoms with van der Waals surface area (Å²) in [5.41, 5.74) is -2.21. The second kappa shape index (κ2) is 17.5. The highest BCUT2D eigenvalue weighted by molar-refractivity contribution is 5.27. The maximum atomic E-state index is 12.0. The number of aliphatic hydroxyl groups is 4. The third kappa shape index (κ3) is 9.32. The molecule has 192 valence electrons. The molecule has 0 radical (unpaired) electrons. The number of hydrogen-bond acceptors (Lipinski definition) is 4. The predicted molar refractivity (Wildman–Crippen MR) is 138 cm³/mol. The molecule has 1 aromatic carbocycles. The highest BCUT2D eigenvalue weighted by Gasteiger charge is 2.54. The second-order valence-corrected chi connectivity index (χ2v) is 10.00. The Hall–Kier alpha value is -0.940. The number of unbranched alkanes of at least 4 members (excludes halogenated alkanes) is 12. The Kier molecular flexibility index (Phi) is 15.9. The monoisotopic (exact) mass is 464 g/mol. The zero-order chi connectivity index (χ0) is 24.4. The van der Waals surface area contributed by atoms with E-state index in [1.807, 2.05) is 30.3 Å². The van der Waals surface area contributed by atoms with Crippen LogP contribution in [0.2, 0.25) is 0 Å². The fraction of sp³-hybridized carbons (Fsp3) is 0.793. The summed E-state index contributed by atoms with van der Waals surface area (Å²) in [4.78, 5) is 0. The molecule has 0 aromatic heterocycles. The standard InChI is InChI=1S/C29H52O4/c1-3-5-7-9-11-13-18-22-27(32)28(24-30,25-31)29(33,26-20-16-15-17-21-26)23-19-14-12-10-8-6-4-2/h15-17,20-21,27,30-33H,3-14,18-19,22-25H2,1-2H3. The highest BCUT2D eigenvalue weighted by Crippen LogP contribution is 2.47. The Morgan fingerprint density at radius 1 is 0.667 bits per heavy atom. The van der Waals surface area contributed by atoms with Crippen LogP contribution in [0.4, 0.5) is 0 Å². The van der Waals surface area contributed by atoms with Crippen LogP contribution < -0.4 is 0 Å². The first kappa shape index (κ1) is 30.1. The molecule has 4 nitrogen and oxygen atoms in total. The van der Waals surface area contributed by atoms with Crippen molar-refractivity contribution in [3.05, 3.63) is 35.9 Å². The summed E-state index contributed by atoms with van der Waals surface area (Å²) in [5.74, 6) is 0. The zero-order valence-corrected chi connectivity index (χ0v) is 21.5. The van der Waals surface area contributed by atoms with E-state index >= 15 is 0 Å². The Labute approximate surface area is 203 Å². The van der Waals surface area contributed by atoms with Gasteiger partial charge in [-0.25, -0.2) is 0 Å². The van der Waals surface area contributed by atoms with Gasteiger partial charge in [0.05, 0.1) is 24.7 Å². The van der Waals surface area contributed by atoms with E-state index < -0.39 is 30.3 Å². The zero-order valence-electron chi connectivity index (χ0n) is 21.5. The second-order valence-electron chi connectivity index (χ2n) is 10.00. The number of benzene rings is 1. The molecule has 4 heteroatoms. The predicted octanol–water partition coefficient (Wildman–Crippen LogP) is 6.49. The fourth-order valence-corrected chi connectivity index (χ4v) is 5.10. The molecular weight excluding hydrogens is 412 g/mol. The van der Waals surface area contributed by atoms with Crippen LogP contribution in [0.25, 0.3) is 0 Å². The minimum atomic E-state index is -1.48. The van der Waals surface area contributed by atoms with Crippen molar-refractivity contribution < 1.29 is 20.4 Å². The van der Waals surface area contributed by atoms with Crippen molar-refractivity contribution in [1.29, 1.82) is 0 Å². The number of aliphatic hydroxyl groups excluding tert-OH is 3. The van der Waals surface area contributed by atoms with Gasteiger partial charge in [-0.3, -0.25) is 0 Å². The van der Waals surface area contributed by atoms with Crippen LogP contribution >= 0.6 is 0 Å². The van der Waals surface area contributed by atoms with Gasteiger partial charge in [0.25, 0.3) is 0 Å². The van der Waals surface area contributed by atoms with E-state index in [2.05, 4.69) is 13.8 Å². The number of hydrogen-bond donors (Lipinski definition) is 4. The third-order valence-electron chi connectivity index (χ3n) is 7.50. The average molecular weight is 465 g/mol. The molecular formula is C29H52O4. The Bertz CT molecular complexity index is 572. The van der Waals surface area contributed by atoms with Crippen LogP contribution in [-0.2, 0) is 5.60 Å². The van der Waals surface area contributed by atoms with Gasteiger partial charge in [0.15, 0.2) is 0 Å². The molecule has 1 rings (SSSR count). The maximum Gasteiger partial charge on any atom is 0.102 e. The van der Waals surface area contributed by atoms with Crippen molar-refractivity contribution in [2.45, 2.75) is 128 Å². The van der Waals surface area contributed by atoms with E-state index in [1.165, 1.54) is 51.4 Å². The van der Waals surface area contributed by atoms with Crippen LogP contribution in [0.5, 0.6) is 0 Å². The normalized spacial score (nSPS) is 14.8. The Balaban J connectivity index is 2.86. The van der Waals surface area contributed by atoms with Crippen LogP contribution in [0, 0.1) is 5.41 Å². The van der Waals surface area contributed by atoms with Crippen LogP contribution in [0.15, 0.2) is 30.3 Å². The van der Waals surface area contributed by atoms with E-state index in [0.29, 0.717) is 18.4 Å². The molecule has 0 saturated heterocycles. The van der Waals surface area contributed by atoms with Crippen molar-refractivity contribution in [3.8, 4) is 0 Å². The van der Waals surface area contributed by atoms with Gasteiger partial charge in [-0.05, 0) is 18.4 Å². The summed E-state index contributed by atoms with van der Waals surface area (Å²) in [6, 6.07) is 9.33. The molecule has 33 heavy (non-hydrogen) atoms. The molecule has 0 aliphatic rings. The minimum Gasteiger partial charge on any atom is -0.395 e. The van der Waals surface area contributed by atoms with E-state index in [0.717, 1.165) is 38.5 Å². The summed E-state index contributed by atoms with van der Waals surface area (Å²) in [6.07, 6.45) is 15.7. The van der Waals surface area contributed by atoms with Crippen molar-refractivity contribution >= 4 is 0 Å². The molecule has 2 unspecified atom stereocenters. The van der Waals surface area contributed by atoms with Crippen LogP contribution in [-0.4, -0.2) is 39.7 Å². The average Bonchev–Trinajstić information content (AvgIpc) is 2.84. The lowest BCUT2D eigenvalue weighted by Crippen LogP contribution is -2.58. The van der Waals surface area contributed by atoms with Gasteiger partial charge in [0.1, 0.15) is 5.60 Å². The first-order chi connectivity index (χ1) is 16.0. The minimum absolute atomic E-state index is 0.417. The highest BCUT2D eigenvalue weighted by atomic mass is 16.3. The van der Waals surface area contributed by atoms with Crippen LogP contribution in [0.3, 0.4) is 0 Å². The first-order valence-electron chi connectivity index (χ1n) is 13.7. The topological polar surface area (TPSA) is 80.9 Å². The van der Waals surface area contributed by atoms with Crippen molar-refractivity contribution in [2.75, 3.05) is 13.2 Å². The third-order valence-corrected chi connectivity index (χ3v) is 7.50. The maximum absolute atomic E-state index is 12.0. The molecule has 0 spiro atoms. The molecule has 1 aromatic rings. The molecule has 0 saturated carbocycles. The van der Waals surface area contributed by atoms with Gasteiger partial charge in [-0.15, -0.1) is 0 Å². The Morgan fingerprint density at radius 2 is 1.12 bits per heavy atom. The first-order valence-corrected chi connectivity index (χ1v) is 13.7. The molecule has 0 bridgehead atoms. The largest absolute Gasteiger partial charge is 0.395 e. The van der Waals surface area contributed by atoms with Gasteiger partial charge >= 0.3 is 0 Å². The molecule has 4 N–H and O–H groups in total. The molecule has 0 heterocycles. The molecule has 2 atom stereocenters. The van der Waals surface area contributed by atoms with Gasteiger partial charge in [-0.2, -0.15) is 0 Å². The van der Waals surface area contributed by atoms with E-state index in [-0.39, 0.29) is 0 Å². The number of rotatable bonds is 21. The summed E-state index contributed by atoms with van der Waals surface area (Å²) in [7, 11) is 0. The van der Waals surface area contributed by atoms with Crippen molar-refractivity contribution in [3.63, 3.8) is 0 Å². The molecule has 0 aliphatic carbocycles. The smallest absolute Gasteiger partial charge is 0.102 e. The lowest BCUT2D eigenvalue weighted by molar-refractivity contribution is -0.196. The molecule has 0 fully saturated rings. The summed E-state index contributed by atoms with van der Waals surface area (Å²) >= 11 is 0. The van der Waals surface area contributed by atoms with Crippen LogP contribution in [0.1, 0.15) is 122 Å². The molecule has 0 amide bonds. The quantitative estimate of drug-likeness (QED) is 0.157. The Morgan fingerprint density at radius 3 is 1.61 bits per heavy atom. The van der Waals surface area contributed by atoms with Gasteiger partial charge in [0.2, 0.25) is 0 Å². The van der Waals surface area contributed by atoms with E-state index in [9.17, 15) is 20.4 Å². The summed E-state index contributed by atoms with van der Waals surface area (Å²) in [6.45, 7) is 3.51. The van der Waals surface area contributed by atoms with Crippen molar-refractivity contribution in [1.82, 2.24) is 0 Å². The van der Waals surface area contributed by atoms with Gasteiger partial charge in [-0.1, -0.05) is 134 Å². The summed E-state index contributed by atoms with van der Waals surface area (Å²) in [5, 5.41) is 44.2. The van der Waals surface area contributed by atoms with E-state index in [1.54, 1.807) is 0 Å². The molecule has 0 aliphatic heterocycles. The SMILES string of the molecule is CCCCCCCCCC(O)C(CO)(CO)C(O)(CCCCCCCCC)c1ccccc1. The van der Waals surface area contributed by atoms with Crippen molar-refractivity contribution in [2.24, 2.45) is 5.41 Å². The lowest BCUT2D eigenvalue weighted by atomic mass is 9.62. The van der Waals surface area contributed by atoms with E-state index in [4.69, 9.17) is 0 Å². The fourth-order valence-electron chi connectivity index (χ4n) is 5.10.